The van der Waals surface area contributed by atoms with Crippen molar-refractivity contribution in [3.8, 4) is 0 Å². The van der Waals surface area contributed by atoms with Crippen LogP contribution in [0.25, 0.3) is 0 Å². The Kier molecular flexibility index (Phi) is 10.5. The Bertz CT molecular complexity index is 161. The maximum Gasteiger partial charge on any atom is 0.0791 e. The zero-order valence-corrected chi connectivity index (χ0v) is 11.7. The molecule has 0 spiro atoms. The number of aliphatic hydroxyl groups is 1. The molecule has 0 aromatic heterocycles. The Hall–Kier alpha value is 0.190. The quantitative estimate of drug-likeness (QED) is 0.545. The molecule has 0 fully saturated rings. The first kappa shape index (κ1) is 16.2. The van der Waals surface area contributed by atoms with Crippen molar-refractivity contribution < 1.29 is 9.84 Å². The lowest BCUT2D eigenvalue weighted by Crippen LogP contribution is -2.41. The zero-order chi connectivity index (χ0) is 12.4. The van der Waals surface area contributed by atoms with Crippen molar-refractivity contribution in [3.63, 3.8) is 0 Å². The van der Waals surface area contributed by atoms with Gasteiger partial charge in [-0.05, 0) is 20.2 Å². The Morgan fingerprint density at radius 3 is 2.75 bits per heavy atom. The summed E-state index contributed by atoms with van der Waals surface area (Å²) in [6.45, 7) is 4.99. The topological polar surface area (TPSA) is 44.7 Å². The summed E-state index contributed by atoms with van der Waals surface area (Å²) >= 11 is 1.83. The highest BCUT2D eigenvalue weighted by atomic mass is 32.2. The van der Waals surface area contributed by atoms with E-state index >= 15 is 0 Å². The fraction of sp³-hybridized carbons (Fsp3) is 1.00. The molecule has 0 radical (unpaired) electrons. The van der Waals surface area contributed by atoms with Gasteiger partial charge in [0.15, 0.2) is 0 Å². The summed E-state index contributed by atoms with van der Waals surface area (Å²) in [5.74, 6) is 1.10. The fourth-order valence-electron chi connectivity index (χ4n) is 1.39. The van der Waals surface area contributed by atoms with Gasteiger partial charge in [-0.25, -0.2) is 0 Å². The van der Waals surface area contributed by atoms with Crippen molar-refractivity contribution in [2.24, 2.45) is 0 Å². The lowest BCUT2D eigenvalue weighted by atomic mass is 10.2. The van der Waals surface area contributed by atoms with E-state index in [0.717, 1.165) is 12.3 Å². The van der Waals surface area contributed by atoms with E-state index in [1.807, 2.05) is 11.8 Å². The third-order valence-corrected chi connectivity index (χ3v) is 3.34. The molecule has 0 aromatic carbocycles. The average Bonchev–Trinajstić information content (AvgIpc) is 2.24. The summed E-state index contributed by atoms with van der Waals surface area (Å²) in [6, 6.07) is 0.503. The van der Waals surface area contributed by atoms with Gasteiger partial charge in [0.05, 0.1) is 12.7 Å². The summed E-state index contributed by atoms with van der Waals surface area (Å²) < 4.78 is 4.92. The fourth-order valence-corrected chi connectivity index (χ4v) is 2.13. The Balaban J connectivity index is 3.56. The molecule has 2 N–H and O–H groups in total. The third-order valence-electron chi connectivity index (χ3n) is 2.52. The van der Waals surface area contributed by atoms with Crippen molar-refractivity contribution in [3.05, 3.63) is 0 Å². The number of nitrogens with one attached hydrogen (secondary N) is 1. The maximum atomic E-state index is 9.78. The standard InChI is InChI=1S/C11H26N2O2S/c1-10(9-16-4)13(2)8-11(14)7-12-5-6-15-3/h10-12,14H,5-9H2,1-4H3. The van der Waals surface area contributed by atoms with Crippen LogP contribution in [-0.2, 0) is 4.74 Å². The predicted molar refractivity (Wildman–Crippen MR) is 71.2 cm³/mol. The molecule has 0 bridgehead atoms. The van der Waals surface area contributed by atoms with Gasteiger partial charge in [-0.3, -0.25) is 0 Å². The zero-order valence-electron chi connectivity index (χ0n) is 10.9. The molecule has 0 saturated carbocycles. The minimum atomic E-state index is -0.314. The second kappa shape index (κ2) is 10.4. The monoisotopic (exact) mass is 250 g/mol. The molecule has 2 atom stereocenters. The average molecular weight is 250 g/mol. The van der Waals surface area contributed by atoms with Crippen LogP contribution in [0.2, 0.25) is 0 Å². The minimum absolute atomic E-state index is 0.314. The summed E-state index contributed by atoms with van der Waals surface area (Å²) in [6.07, 6.45) is 1.79. The van der Waals surface area contributed by atoms with Crippen molar-refractivity contribution in [2.45, 2.75) is 19.1 Å². The summed E-state index contributed by atoms with van der Waals surface area (Å²) in [4.78, 5) is 2.19. The molecule has 0 rings (SSSR count). The van der Waals surface area contributed by atoms with Gasteiger partial charge >= 0.3 is 0 Å². The second-order valence-electron chi connectivity index (χ2n) is 4.09. The minimum Gasteiger partial charge on any atom is -0.390 e. The van der Waals surface area contributed by atoms with Crippen LogP contribution >= 0.6 is 11.8 Å². The number of methoxy groups -OCH3 is 1. The van der Waals surface area contributed by atoms with Crippen LogP contribution in [0.15, 0.2) is 0 Å². The molecular formula is C11H26N2O2S. The van der Waals surface area contributed by atoms with E-state index in [1.54, 1.807) is 7.11 Å². The smallest absolute Gasteiger partial charge is 0.0791 e. The molecule has 0 aromatic rings. The van der Waals surface area contributed by atoms with Crippen LogP contribution in [0.4, 0.5) is 0 Å². The van der Waals surface area contributed by atoms with Gasteiger partial charge in [0, 0.05) is 38.5 Å². The van der Waals surface area contributed by atoms with E-state index in [4.69, 9.17) is 4.74 Å². The largest absolute Gasteiger partial charge is 0.390 e. The van der Waals surface area contributed by atoms with Crippen molar-refractivity contribution in [1.29, 1.82) is 0 Å². The van der Waals surface area contributed by atoms with E-state index in [0.29, 0.717) is 25.7 Å². The molecule has 2 unspecified atom stereocenters. The molecule has 0 heterocycles. The summed E-state index contributed by atoms with van der Waals surface area (Å²) in [5.41, 5.74) is 0. The number of ether oxygens (including phenoxy) is 1. The highest BCUT2D eigenvalue weighted by Gasteiger charge is 2.12. The Labute approximate surface area is 104 Å². The van der Waals surface area contributed by atoms with E-state index in [-0.39, 0.29) is 6.10 Å². The molecule has 5 heteroatoms. The van der Waals surface area contributed by atoms with E-state index in [9.17, 15) is 5.11 Å². The van der Waals surface area contributed by atoms with Gasteiger partial charge in [-0.15, -0.1) is 0 Å². The Morgan fingerprint density at radius 1 is 1.50 bits per heavy atom. The van der Waals surface area contributed by atoms with E-state index < -0.39 is 0 Å². The SMILES string of the molecule is COCCNCC(O)CN(C)C(C)CSC. The van der Waals surface area contributed by atoms with E-state index in [2.05, 4.69) is 30.4 Å². The highest BCUT2D eigenvalue weighted by molar-refractivity contribution is 7.98. The molecule has 0 aliphatic heterocycles. The number of nitrogens with zero attached hydrogens (tertiary/aromatic N) is 1. The normalized spacial score (nSPS) is 15.4. The number of aliphatic hydroxyl groups excluding tert-OH is 1. The predicted octanol–water partition coefficient (Wildman–Crippen LogP) is 0.267. The summed E-state index contributed by atoms with van der Waals surface area (Å²) in [7, 11) is 3.73. The lowest BCUT2D eigenvalue weighted by Gasteiger charge is -2.26. The van der Waals surface area contributed by atoms with Crippen LogP contribution < -0.4 is 5.32 Å². The van der Waals surface area contributed by atoms with Crippen molar-refractivity contribution >= 4 is 11.8 Å². The second-order valence-corrected chi connectivity index (χ2v) is 5.01. The van der Waals surface area contributed by atoms with Crippen molar-refractivity contribution in [1.82, 2.24) is 10.2 Å². The van der Waals surface area contributed by atoms with Crippen LogP contribution in [0.1, 0.15) is 6.92 Å². The maximum absolute atomic E-state index is 9.78. The molecule has 16 heavy (non-hydrogen) atoms. The highest BCUT2D eigenvalue weighted by Crippen LogP contribution is 2.03. The van der Waals surface area contributed by atoms with Crippen LogP contribution in [0.5, 0.6) is 0 Å². The van der Waals surface area contributed by atoms with Crippen LogP contribution in [-0.4, -0.2) is 74.6 Å². The number of hydrogen-bond acceptors (Lipinski definition) is 5. The van der Waals surface area contributed by atoms with Gasteiger partial charge < -0.3 is 20.1 Å². The van der Waals surface area contributed by atoms with Gasteiger partial charge in [0.1, 0.15) is 0 Å². The molecule has 0 aliphatic carbocycles. The molecule has 4 nitrogen and oxygen atoms in total. The third kappa shape index (κ3) is 8.35. The Morgan fingerprint density at radius 2 is 2.19 bits per heavy atom. The number of hydrogen-bond donors (Lipinski definition) is 2. The molecule has 0 saturated heterocycles. The molecular weight excluding hydrogens is 224 g/mol. The lowest BCUT2D eigenvalue weighted by molar-refractivity contribution is 0.108. The van der Waals surface area contributed by atoms with Crippen molar-refractivity contribution in [2.75, 3.05) is 52.4 Å². The number of rotatable bonds is 10. The number of likely N-dealkylation sites (N-methyl/N-ethyl adjacent to an activating group) is 1. The van der Waals surface area contributed by atoms with Gasteiger partial charge in [-0.1, -0.05) is 0 Å². The van der Waals surface area contributed by atoms with Crippen LogP contribution in [0, 0.1) is 0 Å². The molecule has 0 aliphatic rings. The van der Waals surface area contributed by atoms with Gasteiger partial charge in [0.25, 0.3) is 0 Å². The van der Waals surface area contributed by atoms with Gasteiger partial charge in [-0.2, -0.15) is 11.8 Å². The van der Waals surface area contributed by atoms with Crippen LogP contribution in [0.3, 0.4) is 0 Å². The van der Waals surface area contributed by atoms with E-state index in [1.165, 1.54) is 0 Å². The van der Waals surface area contributed by atoms with Gasteiger partial charge in [0.2, 0.25) is 0 Å². The summed E-state index contributed by atoms with van der Waals surface area (Å²) in [5, 5.41) is 12.9. The number of thioether (sulfide) groups is 1. The first-order valence-corrected chi connectivity index (χ1v) is 7.08. The molecule has 0 amide bonds. The first-order chi connectivity index (χ1) is 7.61. The molecule has 98 valence electrons. The first-order valence-electron chi connectivity index (χ1n) is 5.68.